The molecule has 0 aromatic rings. The molecule has 13 heavy (non-hydrogen) atoms. The Hall–Kier alpha value is -0.850. The van der Waals surface area contributed by atoms with Gasteiger partial charge in [0, 0.05) is 5.54 Å². The van der Waals surface area contributed by atoms with Crippen LogP contribution in [-0.2, 0) is 4.79 Å². The van der Waals surface area contributed by atoms with E-state index in [1.807, 2.05) is 0 Å². The van der Waals surface area contributed by atoms with Crippen molar-refractivity contribution in [3.05, 3.63) is 11.4 Å². The number of aliphatic carboxylic acids is 1. The summed E-state index contributed by atoms with van der Waals surface area (Å²) >= 11 is 4.40. The first-order chi connectivity index (χ1) is 5.67. The summed E-state index contributed by atoms with van der Waals surface area (Å²) in [5, 5.41) is 7.65. The van der Waals surface area contributed by atoms with Crippen molar-refractivity contribution in [2.75, 3.05) is 0 Å². The maximum Gasteiger partial charge on any atom is 0.411 e. The zero-order valence-corrected chi connectivity index (χ0v) is 6.46. The third-order valence-corrected chi connectivity index (χ3v) is 1.25. The van der Waals surface area contributed by atoms with Crippen molar-refractivity contribution < 1.29 is 31.9 Å². The van der Waals surface area contributed by atoms with Gasteiger partial charge in [0.2, 0.25) is 0 Å². The topological polar surface area (TPSA) is 37.3 Å². The summed E-state index contributed by atoms with van der Waals surface area (Å²) in [7, 11) is 0. The van der Waals surface area contributed by atoms with Crippen molar-refractivity contribution in [2.45, 2.75) is 11.8 Å². The van der Waals surface area contributed by atoms with Gasteiger partial charge in [-0.05, 0) is 0 Å². The van der Waals surface area contributed by atoms with Crippen molar-refractivity contribution in [3.63, 3.8) is 0 Å². The summed E-state index contributed by atoms with van der Waals surface area (Å²) in [6.07, 6.45) is 0. The largest absolute Gasteiger partial charge is 0.477 e. The Kier molecular flexibility index (Phi) is 3.26. The van der Waals surface area contributed by atoms with Crippen LogP contribution in [-0.4, -0.2) is 22.9 Å². The fourth-order valence-electron chi connectivity index (χ4n) is 0.353. The number of carboxylic acid groups (broad SMARTS) is 1. The molecule has 8 heteroatoms. The molecule has 0 amide bonds. The van der Waals surface area contributed by atoms with E-state index in [0.29, 0.717) is 0 Å². The minimum Gasteiger partial charge on any atom is -0.477 e. The summed E-state index contributed by atoms with van der Waals surface area (Å²) in [6.45, 7) is 0. The number of hydrogen-bond acceptors (Lipinski definition) is 1. The van der Waals surface area contributed by atoms with E-state index < -0.39 is 29.2 Å². The van der Waals surface area contributed by atoms with Crippen molar-refractivity contribution in [1.82, 2.24) is 0 Å². The van der Waals surface area contributed by atoms with Crippen LogP contribution < -0.4 is 0 Å². The van der Waals surface area contributed by atoms with E-state index in [-0.39, 0.29) is 0 Å². The van der Waals surface area contributed by atoms with Crippen LogP contribution in [0.4, 0.5) is 22.0 Å². The average Bonchev–Trinajstić information content (AvgIpc) is 2.02. The molecule has 0 unspecified atom stereocenters. The van der Waals surface area contributed by atoms with Crippen molar-refractivity contribution in [1.29, 1.82) is 0 Å². The second-order valence-corrected chi connectivity index (χ2v) is 2.13. The van der Waals surface area contributed by atoms with E-state index in [4.69, 9.17) is 5.11 Å². The molecule has 0 heterocycles. The predicted octanol–water partition coefficient (Wildman–Crippen LogP) is 2.39. The lowest BCUT2D eigenvalue weighted by atomic mass is 10.1. The first kappa shape index (κ1) is 12.2. The molecule has 0 aromatic carbocycles. The van der Waals surface area contributed by atoms with Gasteiger partial charge >= 0.3 is 17.8 Å². The Morgan fingerprint density at radius 2 is 1.62 bits per heavy atom. The molecular weight excluding hydrogens is 222 g/mol. The van der Waals surface area contributed by atoms with Gasteiger partial charge in [-0.25, -0.2) is 9.18 Å². The first-order valence-electron chi connectivity index (χ1n) is 2.63. The zero-order valence-electron chi connectivity index (χ0n) is 5.70. The number of alkyl halides is 4. The Bertz CT molecular complexity index is 249. The molecule has 0 aliphatic heterocycles. The van der Waals surface area contributed by atoms with Gasteiger partial charge < -0.3 is 5.11 Å². The van der Waals surface area contributed by atoms with Crippen molar-refractivity contribution in [3.8, 4) is 0 Å². The van der Waals surface area contributed by atoms with Gasteiger partial charge in [0.1, 0.15) is 0 Å². The molecule has 76 valence electrons. The quantitative estimate of drug-likeness (QED) is 0.748. The Morgan fingerprint density at radius 1 is 1.23 bits per heavy atom. The predicted molar refractivity (Wildman–Crippen MR) is 32.6 cm³/mol. The van der Waals surface area contributed by atoms with Crippen LogP contribution in [0.15, 0.2) is 11.4 Å². The van der Waals surface area contributed by atoms with Crippen LogP contribution in [0.2, 0.25) is 0 Å². The Labute approximate surface area is 73.6 Å². The maximum absolute atomic E-state index is 12.2. The van der Waals surface area contributed by atoms with Gasteiger partial charge in [-0.3, -0.25) is 0 Å². The Balaban J connectivity index is 5.15. The van der Waals surface area contributed by atoms with Crippen LogP contribution in [0.25, 0.3) is 0 Å². The van der Waals surface area contributed by atoms with Gasteiger partial charge in [0.25, 0.3) is 0 Å². The van der Waals surface area contributed by atoms with Gasteiger partial charge in [-0.15, -0.1) is 0 Å². The van der Waals surface area contributed by atoms with E-state index in [1.54, 1.807) is 0 Å². The molecule has 0 rings (SSSR count). The van der Waals surface area contributed by atoms with Gasteiger partial charge in [-0.1, -0.05) is 11.6 Å². The van der Waals surface area contributed by atoms with E-state index in [2.05, 4.69) is 11.6 Å². The number of rotatable bonds is 3. The average molecular weight is 225 g/mol. The lowest BCUT2D eigenvalue weighted by Gasteiger charge is -2.20. The molecule has 0 aliphatic carbocycles. The molecule has 0 fully saturated rings. The molecule has 0 aliphatic rings. The molecule has 0 atom stereocenters. The highest BCUT2D eigenvalue weighted by Gasteiger charge is 2.65. The summed E-state index contributed by atoms with van der Waals surface area (Å²) in [4.78, 5) is 9.62. The van der Waals surface area contributed by atoms with E-state index in [9.17, 15) is 26.7 Å². The minimum atomic E-state index is -5.53. The van der Waals surface area contributed by atoms with Crippen molar-refractivity contribution >= 4 is 17.6 Å². The lowest BCUT2D eigenvalue weighted by Crippen LogP contribution is -2.47. The van der Waals surface area contributed by atoms with Gasteiger partial charge in [0.15, 0.2) is 5.83 Å². The summed E-state index contributed by atoms with van der Waals surface area (Å²) in [6, 6.07) is 0. The van der Waals surface area contributed by atoms with Crippen LogP contribution in [0.3, 0.4) is 0 Å². The molecule has 0 spiro atoms. The van der Waals surface area contributed by atoms with Crippen LogP contribution >= 0.6 is 11.6 Å². The normalized spacial score (nSPS) is 14.5. The molecule has 1 N–H and O–H groups in total. The number of allylic oxidation sites excluding steroid dienone is 1. The highest BCUT2D eigenvalue weighted by atomic mass is 35.5. The smallest absolute Gasteiger partial charge is 0.411 e. The molecule has 0 radical (unpaired) electrons. The third-order valence-electron chi connectivity index (χ3n) is 1.06. The lowest BCUT2D eigenvalue weighted by molar-refractivity contribution is -0.215. The minimum absolute atomic E-state index is 0.448. The summed E-state index contributed by atoms with van der Waals surface area (Å²) in [5.41, 5.74) is -0.448. The Morgan fingerprint density at radius 3 is 1.85 bits per heavy atom. The van der Waals surface area contributed by atoms with E-state index >= 15 is 0 Å². The fraction of sp³-hybridized carbons (Fsp3) is 0.400. The second kappa shape index (κ2) is 3.49. The fourth-order valence-corrected chi connectivity index (χ4v) is 0.490. The molecular formula is C5H2ClF5O2. The van der Waals surface area contributed by atoms with Crippen LogP contribution in [0, 0.1) is 0 Å². The molecule has 2 nitrogen and oxygen atoms in total. The standard InChI is InChI=1S/C5H2ClF5O2/c6-1-2(7)4(8,9)5(10,11)3(12)13/h1H,(H,12,13)/b2-1+. The molecule has 0 saturated carbocycles. The van der Waals surface area contributed by atoms with Gasteiger partial charge in [-0.2, -0.15) is 17.6 Å². The molecule has 0 bridgehead atoms. The highest BCUT2D eigenvalue weighted by molar-refractivity contribution is 6.25. The van der Waals surface area contributed by atoms with E-state index in [1.165, 1.54) is 0 Å². The highest BCUT2D eigenvalue weighted by Crippen LogP contribution is 2.40. The monoisotopic (exact) mass is 224 g/mol. The number of carboxylic acids is 1. The third kappa shape index (κ3) is 1.90. The summed E-state index contributed by atoms with van der Waals surface area (Å²) < 4.78 is 60.5. The zero-order chi connectivity index (χ0) is 10.9. The number of halogens is 6. The SMILES string of the molecule is O=C(O)C(F)(F)C(F)(F)/C(F)=C\Cl. The molecule has 0 saturated heterocycles. The second-order valence-electron chi connectivity index (χ2n) is 1.91. The molecule has 0 aromatic heterocycles. The summed E-state index contributed by atoms with van der Waals surface area (Å²) in [5.74, 6) is -16.8. The van der Waals surface area contributed by atoms with Crippen LogP contribution in [0.1, 0.15) is 0 Å². The van der Waals surface area contributed by atoms with Gasteiger partial charge in [0.05, 0.1) is 0 Å². The number of hydrogen-bond donors (Lipinski definition) is 1. The van der Waals surface area contributed by atoms with E-state index in [0.717, 1.165) is 0 Å². The first-order valence-corrected chi connectivity index (χ1v) is 3.07. The van der Waals surface area contributed by atoms with Crippen molar-refractivity contribution in [2.24, 2.45) is 0 Å². The number of carbonyl (C=O) groups is 1. The maximum atomic E-state index is 12.2. The van der Waals surface area contributed by atoms with Crippen LogP contribution in [0.5, 0.6) is 0 Å².